The first-order chi connectivity index (χ1) is 17.4. The average Bonchev–Trinajstić information content (AvgIpc) is 3.18. The SMILES string of the molecule is C[C@]1(c2ccc3c(c2)OCCCO3)NC(=O)N(CC(=O)Nc2ccc(N3CCCCCC3)cc2)C1=O. The summed E-state index contributed by atoms with van der Waals surface area (Å²) in [5, 5.41) is 5.54. The van der Waals surface area contributed by atoms with Crippen LogP contribution in [0.5, 0.6) is 11.5 Å². The van der Waals surface area contributed by atoms with Crippen LogP contribution in [-0.2, 0) is 15.1 Å². The first-order valence-electron chi connectivity index (χ1n) is 12.6. The molecule has 3 aliphatic heterocycles. The van der Waals surface area contributed by atoms with E-state index in [1.165, 1.54) is 25.7 Å². The fourth-order valence-corrected chi connectivity index (χ4v) is 4.94. The predicted octanol–water partition coefficient (Wildman–Crippen LogP) is 3.63. The van der Waals surface area contributed by atoms with Crippen molar-refractivity contribution in [3.63, 3.8) is 0 Å². The molecule has 0 aliphatic carbocycles. The van der Waals surface area contributed by atoms with Crippen LogP contribution < -0.4 is 25.0 Å². The Labute approximate surface area is 210 Å². The minimum Gasteiger partial charge on any atom is -0.490 e. The number of carbonyl (C=O) groups is 3. The molecule has 5 rings (SSSR count). The fraction of sp³-hybridized carbons (Fsp3) is 0.444. The molecule has 190 valence electrons. The minimum absolute atomic E-state index is 0.376. The van der Waals surface area contributed by atoms with Crippen LogP contribution in [0.3, 0.4) is 0 Å². The van der Waals surface area contributed by atoms with Crippen molar-refractivity contribution in [3.8, 4) is 11.5 Å². The molecule has 1 atom stereocenters. The Kier molecular flexibility index (Phi) is 6.71. The number of imide groups is 1. The summed E-state index contributed by atoms with van der Waals surface area (Å²) in [6.07, 6.45) is 5.67. The summed E-state index contributed by atoms with van der Waals surface area (Å²) in [6.45, 7) is 4.41. The van der Waals surface area contributed by atoms with Gasteiger partial charge < -0.3 is 25.0 Å². The lowest BCUT2D eigenvalue weighted by atomic mass is 9.91. The molecule has 0 aromatic heterocycles. The third-order valence-electron chi connectivity index (χ3n) is 7.02. The third-order valence-corrected chi connectivity index (χ3v) is 7.02. The number of amides is 4. The fourth-order valence-electron chi connectivity index (χ4n) is 4.94. The highest BCUT2D eigenvalue weighted by molar-refractivity contribution is 6.10. The predicted molar refractivity (Wildman–Crippen MR) is 135 cm³/mol. The summed E-state index contributed by atoms with van der Waals surface area (Å²) in [5.74, 6) is 0.209. The number of nitrogens with zero attached hydrogens (tertiary/aromatic N) is 2. The van der Waals surface area contributed by atoms with E-state index < -0.39 is 23.4 Å². The lowest BCUT2D eigenvalue weighted by molar-refractivity contribution is -0.133. The number of anilines is 2. The monoisotopic (exact) mass is 492 g/mol. The van der Waals surface area contributed by atoms with Gasteiger partial charge in [-0.3, -0.25) is 14.5 Å². The van der Waals surface area contributed by atoms with Crippen molar-refractivity contribution in [1.29, 1.82) is 0 Å². The number of nitrogens with one attached hydrogen (secondary N) is 2. The lowest BCUT2D eigenvalue weighted by Crippen LogP contribution is -2.42. The molecule has 9 nitrogen and oxygen atoms in total. The minimum atomic E-state index is -1.31. The Hall–Kier alpha value is -3.75. The van der Waals surface area contributed by atoms with Gasteiger partial charge in [-0.15, -0.1) is 0 Å². The molecule has 0 bridgehead atoms. The number of carbonyl (C=O) groups excluding carboxylic acids is 3. The maximum Gasteiger partial charge on any atom is 0.325 e. The van der Waals surface area contributed by atoms with E-state index >= 15 is 0 Å². The van der Waals surface area contributed by atoms with Crippen molar-refractivity contribution in [3.05, 3.63) is 48.0 Å². The van der Waals surface area contributed by atoms with Crippen molar-refractivity contribution in [2.45, 2.75) is 44.6 Å². The van der Waals surface area contributed by atoms with Crippen molar-refractivity contribution in [2.24, 2.45) is 0 Å². The maximum atomic E-state index is 13.3. The highest BCUT2D eigenvalue weighted by Crippen LogP contribution is 2.36. The Morgan fingerprint density at radius 2 is 1.64 bits per heavy atom. The van der Waals surface area contributed by atoms with Crippen molar-refractivity contribution in [1.82, 2.24) is 10.2 Å². The number of fused-ring (bicyclic) bond motifs is 1. The molecule has 2 saturated heterocycles. The number of hydrogen-bond donors (Lipinski definition) is 2. The number of benzene rings is 2. The van der Waals surface area contributed by atoms with Gasteiger partial charge in [0.2, 0.25) is 5.91 Å². The molecule has 0 unspecified atom stereocenters. The molecule has 2 aromatic rings. The van der Waals surface area contributed by atoms with E-state index in [2.05, 4.69) is 15.5 Å². The van der Waals surface area contributed by atoms with Crippen LogP contribution in [0, 0.1) is 0 Å². The Morgan fingerprint density at radius 3 is 2.36 bits per heavy atom. The van der Waals surface area contributed by atoms with Crippen LogP contribution in [0.4, 0.5) is 16.2 Å². The van der Waals surface area contributed by atoms with E-state index in [4.69, 9.17) is 9.47 Å². The van der Waals surface area contributed by atoms with E-state index in [1.54, 1.807) is 25.1 Å². The third kappa shape index (κ3) is 4.82. The summed E-state index contributed by atoms with van der Waals surface area (Å²) >= 11 is 0. The average molecular weight is 493 g/mol. The first-order valence-corrected chi connectivity index (χ1v) is 12.6. The molecule has 0 saturated carbocycles. The van der Waals surface area contributed by atoms with Gasteiger partial charge in [0.05, 0.1) is 13.2 Å². The van der Waals surface area contributed by atoms with Crippen molar-refractivity contribution < 1.29 is 23.9 Å². The van der Waals surface area contributed by atoms with Crippen LogP contribution in [0.15, 0.2) is 42.5 Å². The van der Waals surface area contributed by atoms with Crippen molar-refractivity contribution in [2.75, 3.05) is 43.1 Å². The summed E-state index contributed by atoms with van der Waals surface area (Å²) < 4.78 is 11.4. The summed E-state index contributed by atoms with van der Waals surface area (Å²) in [6, 6.07) is 12.3. The zero-order valence-electron chi connectivity index (χ0n) is 20.5. The Morgan fingerprint density at radius 1 is 0.944 bits per heavy atom. The molecule has 0 spiro atoms. The van der Waals surface area contributed by atoms with E-state index in [9.17, 15) is 14.4 Å². The standard InChI is InChI=1S/C27H32N4O5/c1-27(19-7-12-22-23(17-19)36-16-6-15-35-22)25(33)31(26(34)29-27)18-24(32)28-20-8-10-21(11-9-20)30-13-4-2-3-5-14-30/h7-12,17H,2-6,13-16,18H2,1H3,(H,28,32)(H,29,34)/t27-/m1/s1. The summed E-state index contributed by atoms with van der Waals surface area (Å²) in [5.41, 5.74) is 1.01. The highest BCUT2D eigenvalue weighted by atomic mass is 16.5. The zero-order chi connectivity index (χ0) is 25.1. The smallest absolute Gasteiger partial charge is 0.325 e. The summed E-state index contributed by atoms with van der Waals surface area (Å²) in [4.78, 5) is 42.1. The topological polar surface area (TPSA) is 100 Å². The van der Waals surface area contributed by atoms with Gasteiger partial charge in [0.25, 0.3) is 5.91 Å². The molecule has 0 radical (unpaired) electrons. The van der Waals surface area contributed by atoms with E-state index in [0.29, 0.717) is 36.0 Å². The Bertz CT molecular complexity index is 1140. The molecule has 2 N–H and O–H groups in total. The maximum absolute atomic E-state index is 13.3. The van der Waals surface area contributed by atoms with Gasteiger partial charge in [-0.25, -0.2) is 4.79 Å². The van der Waals surface area contributed by atoms with E-state index in [1.807, 2.05) is 24.3 Å². The van der Waals surface area contributed by atoms with E-state index in [-0.39, 0.29) is 6.54 Å². The van der Waals surface area contributed by atoms with E-state index in [0.717, 1.165) is 30.1 Å². The van der Waals surface area contributed by atoms with Crippen molar-refractivity contribution >= 4 is 29.2 Å². The molecule has 36 heavy (non-hydrogen) atoms. The zero-order valence-corrected chi connectivity index (χ0v) is 20.5. The second-order valence-corrected chi connectivity index (χ2v) is 9.65. The normalized spacial score (nSPS) is 22.0. The Balaban J connectivity index is 1.24. The molecule has 2 aromatic carbocycles. The second kappa shape index (κ2) is 10.1. The van der Waals surface area contributed by atoms with Gasteiger partial charge in [-0.1, -0.05) is 18.9 Å². The van der Waals surface area contributed by atoms with Gasteiger partial charge in [-0.2, -0.15) is 0 Å². The number of rotatable bonds is 5. The molecule has 3 heterocycles. The lowest BCUT2D eigenvalue weighted by Gasteiger charge is -2.23. The molecule has 2 fully saturated rings. The first kappa shape index (κ1) is 24.0. The molecule has 9 heteroatoms. The molecular formula is C27H32N4O5. The van der Waals surface area contributed by atoms with Gasteiger partial charge >= 0.3 is 6.03 Å². The van der Waals surface area contributed by atoms with Crippen LogP contribution in [-0.4, -0.2) is 55.6 Å². The van der Waals surface area contributed by atoms with Gasteiger partial charge in [-0.05, 0) is 61.7 Å². The highest BCUT2D eigenvalue weighted by Gasteiger charge is 2.49. The quantitative estimate of drug-likeness (QED) is 0.619. The summed E-state index contributed by atoms with van der Waals surface area (Å²) in [7, 11) is 0. The van der Waals surface area contributed by atoms with Gasteiger partial charge in [0.15, 0.2) is 11.5 Å². The van der Waals surface area contributed by atoms with Crippen LogP contribution in [0.25, 0.3) is 0 Å². The molecule has 4 amide bonds. The van der Waals surface area contributed by atoms with Gasteiger partial charge in [0, 0.05) is 30.9 Å². The molecular weight excluding hydrogens is 460 g/mol. The van der Waals surface area contributed by atoms with Crippen LogP contribution in [0.1, 0.15) is 44.6 Å². The largest absolute Gasteiger partial charge is 0.490 e. The van der Waals surface area contributed by atoms with Crippen LogP contribution >= 0.6 is 0 Å². The second-order valence-electron chi connectivity index (χ2n) is 9.65. The number of hydrogen-bond acceptors (Lipinski definition) is 6. The number of urea groups is 1. The number of ether oxygens (including phenoxy) is 2. The molecule has 3 aliphatic rings. The van der Waals surface area contributed by atoms with Gasteiger partial charge in [0.1, 0.15) is 12.1 Å². The van der Waals surface area contributed by atoms with Crippen LogP contribution in [0.2, 0.25) is 0 Å².